The van der Waals surface area contributed by atoms with E-state index < -0.39 is 0 Å². The van der Waals surface area contributed by atoms with Crippen LogP contribution < -0.4 is 5.32 Å². The van der Waals surface area contributed by atoms with Crippen LogP contribution in [-0.4, -0.2) is 42.1 Å². The minimum Gasteiger partial charge on any atom is -0.441 e. The second-order valence-electron chi connectivity index (χ2n) is 6.48. The third-order valence-corrected chi connectivity index (χ3v) is 4.95. The fraction of sp³-hybridized carbons (Fsp3) is 0.556. The van der Waals surface area contributed by atoms with Gasteiger partial charge in [-0.1, -0.05) is 31.2 Å². The van der Waals surface area contributed by atoms with E-state index in [1.165, 1.54) is 11.1 Å². The predicted octanol–water partition coefficient (Wildman–Crippen LogP) is 2.28. The molecule has 2 fully saturated rings. The van der Waals surface area contributed by atoms with E-state index >= 15 is 0 Å². The van der Waals surface area contributed by atoms with E-state index in [-0.39, 0.29) is 17.6 Å². The highest BCUT2D eigenvalue weighted by molar-refractivity contribution is 5.76. The molecule has 0 unspecified atom stereocenters. The zero-order chi connectivity index (χ0) is 16.3. The normalized spacial score (nSPS) is 19.5. The molecule has 3 rings (SSSR count). The average Bonchev–Trinajstić information content (AvgIpc) is 2.94. The second-order valence-corrected chi connectivity index (χ2v) is 6.48. The number of hydrogen-bond donors (Lipinski definition) is 1. The van der Waals surface area contributed by atoms with Gasteiger partial charge in [-0.3, -0.25) is 4.79 Å². The number of likely N-dealkylation sites (tertiary alicyclic amines) is 1. The lowest BCUT2D eigenvalue weighted by atomic mass is 9.91. The molecule has 1 aromatic carbocycles. The van der Waals surface area contributed by atoms with Crippen LogP contribution in [0.5, 0.6) is 0 Å². The summed E-state index contributed by atoms with van der Waals surface area (Å²) in [6.07, 6.45) is 3.47. The van der Waals surface area contributed by atoms with E-state index in [2.05, 4.69) is 36.5 Å². The molecule has 1 N–H and O–H groups in total. The van der Waals surface area contributed by atoms with Crippen molar-refractivity contribution in [3.8, 4) is 0 Å². The predicted molar refractivity (Wildman–Crippen MR) is 87.2 cm³/mol. The van der Waals surface area contributed by atoms with E-state index in [4.69, 9.17) is 4.74 Å². The van der Waals surface area contributed by atoms with Gasteiger partial charge < -0.3 is 15.0 Å². The average molecular weight is 316 g/mol. The Hall–Kier alpha value is -2.04. The van der Waals surface area contributed by atoms with Crippen molar-refractivity contribution in [2.75, 3.05) is 19.6 Å². The molecule has 1 aromatic rings. The third kappa shape index (κ3) is 3.66. The number of carbonyl (C=O) groups is 2. The molecule has 1 spiro atoms. The van der Waals surface area contributed by atoms with Crippen molar-refractivity contribution in [2.24, 2.45) is 0 Å². The summed E-state index contributed by atoms with van der Waals surface area (Å²) in [6, 6.07) is 8.49. The van der Waals surface area contributed by atoms with Crippen LogP contribution >= 0.6 is 0 Å². The Morgan fingerprint density at radius 2 is 1.87 bits per heavy atom. The number of hydrogen-bond acceptors (Lipinski definition) is 3. The van der Waals surface area contributed by atoms with Gasteiger partial charge >= 0.3 is 6.09 Å². The fourth-order valence-corrected chi connectivity index (χ4v) is 3.30. The first kappa shape index (κ1) is 15.8. The van der Waals surface area contributed by atoms with Gasteiger partial charge in [0.25, 0.3) is 0 Å². The topological polar surface area (TPSA) is 58.6 Å². The Balaban J connectivity index is 1.46. The number of nitrogens with one attached hydrogen (secondary N) is 1. The summed E-state index contributed by atoms with van der Waals surface area (Å²) < 4.78 is 5.38. The number of benzene rings is 1. The summed E-state index contributed by atoms with van der Waals surface area (Å²) in [5.41, 5.74) is 2.14. The van der Waals surface area contributed by atoms with E-state index in [0.29, 0.717) is 26.1 Å². The number of carbonyl (C=O) groups excluding carboxylic acids is 2. The highest BCUT2D eigenvalue weighted by atomic mass is 16.6. The smallest absolute Gasteiger partial charge is 0.407 e. The third-order valence-electron chi connectivity index (χ3n) is 4.95. The number of nitrogens with zero attached hydrogens (tertiary/aromatic N) is 1. The monoisotopic (exact) mass is 316 g/mol. The zero-order valence-electron chi connectivity index (χ0n) is 13.6. The van der Waals surface area contributed by atoms with Gasteiger partial charge in [0.2, 0.25) is 5.91 Å². The van der Waals surface area contributed by atoms with Crippen molar-refractivity contribution < 1.29 is 14.3 Å². The van der Waals surface area contributed by atoms with Gasteiger partial charge in [0, 0.05) is 32.4 Å². The van der Waals surface area contributed by atoms with E-state index in [1.54, 1.807) is 0 Å². The summed E-state index contributed by atoms with van der Waals surface area (Å²) in [7, 11) is 0. The Labute approximate surface area is 137 Å². The number of piperidine rings is 1. The van der Waals surface area contributed by atoms with Crippen LogP contribution in [0.25, 0.3) is 0 Å². The molecule has 23 heavy (non-hydrogen) atoms. The molecule has 0 aliphatic carbocycles. The van der Waals surface area contributed by atoms with Gasteiger partial charge in [-0.05, 0) is 24.0 Å². The van der Waals surface area contributed by atoms with Crippen LogP contribution in [0.3, 0.4) is 0 Å². The minimum absolute atomic E-state index is 0.191. The van der Waals surface area contributed by atoms with Crippen LogP contribution in [0.2, 0.25) is 0 Å². The second kappa shape index (κ2) is 6.60. The van der Waals surface area contributed by atoms with Gasteiger partial charge in [-0.15, -0.1) is 0 Å². The molecular formula is C18H24N2O3. The van der Waals surface area contributed by atoms with Crippen molar-refractivity contribution in [1.29, 1.82) is 0 Å². The molecule has 0 saturated carbocycles. The fourth-order valence-electron chi connectivity index (χ4n) is 3.30. The molecule has 2 aliphatic heterocycles. The lowest BCUT2D eigenvalue weighted by Crippen LogP contribution is -2.48. The van der Waals surface area contributed by atoms with Gasteiger partial charge in [0.15, 0.2) is 0 Å². The van der Waals surface area contributed by atoms with Crippen LogP contribution in [0.15, 0.2) is 24.3 Å². The molecule has 2 aliphatic rings. The van der Waals surface area contributed by atoms with Gasteiger partial charge in [0.05, 0.1) is 6.54 Å². The summed E-state index contributed by atoms with van der Waals surface area (Å²) in [4.78, 5) is 25.5. The first-order valence-corrected chi connectivity index (χ1v) is 8.43. The molecule has 5 nitrogen and oxygen atoms in total. The van der Waals surface area contributed by atoms with Crippen molar-refractivity contribution >= 4 is 12.0 Å². The molecule has 5 heteroatoms. The lowest BCUT2D eigenvalue weighted by molar-refractivity contribution is -0.134. The highest BCUT2D eigenvalue weighted by Crippen LogP contribution is 2.29. The van der Waals surface area contributed by atoms with E-state index in [0.717, 1.165) is 25.7 Å². The van der Waals surface area contributed by atoms with Crippen LogP contribution in [-0.2, 0) is 22.4 Å². The summed E-state index contributed by atoms with van der Waals surface area (Å²) >= 11 is 0. The van der Waals surface area contributed by atoms with Crippen LogP contribution in [0, 0.1) is 0 Å². The quantitative estimate of drug-likeness (QED) is 0.927. The van der Waals surface area contributed by atoms with E-state index in [9.17, 15) is 9.59 Å². The largest absolute Gasteiger partial charge is 0.441 e. The summed E-state index contributed by atoms with van der Waals surface area (Å²) in [5, 5.41) is 2.72. The summed E-state index contributed by atoms with van der Waals surface area (Å²) in [5.74, 6) is 0.191. The first-order valence-electron chi connectivity index (χ1n) is 8.43. The molecule has 2 saturated heterocycles. The van der Waals surface area contributed by atoms with E-state index in [1.807, 2.05) is 4.90 Å². The summed E-state index contributed by atoms with van der Waals surface area (Å²) in [6.45, 7) is 4.04. The Morgan fingerprint density at radius 1 is 1.22 bits per heavy atom. The number of rotatable bonds is 4. The van der Waals surface area contributed by atoms with Crippen molar-refractivity contribution in [3.05, 3.63) is 35.4 Å². The maximum Gasteiger partial charge on any atom is 0.407 e. The van der Waals surface area contributed by atoms with Gasteiger partial charge in [-0.25, -0.2) is 4.79 Å². The molecule has 2 amide bonds. The van der Waals surface area contributed by atoms with Gasteiger partial charge in [-0.2, -0.15) is 0 Å². The van der Waals surface area contributed by atoms with Gasteiger partial charge in [0.1, 0.15) is 5.60 Å². The molecule has 0 bridgehead atoms. The Morgan fingerprint density at radius 3 is 2.43 bits per heavy atom. The molecule has 0 radical (unpaired) electrons. The molecule has 0 atom stereocenters. The Bertz CT molecular complexity index is 574. The number of alkyl carbamates (subject to hydrolysis) is 1. The lowest BCUT2D eigenvalue weighted by Gasteiger charge is -2.37. The van der Waals surface area contributed by atoms with Crippen LogP contribution in [0.1, 0.15) is 37.3 Å². The zero-order valence-corrected chi connectivity index (χ0v) is 13.6. The number of amides is 2. The molecule has 124 valence electrons. The first-order chi connectivity index (χ1) is 11.1. The molecule has 0 aromatic heterocycles. The number of ether oxygens (including phenoxy) is 1. The number of aryl methyl sites for hydroxylation is 2. The highest BCUT2D eigenvalue weighted by Gasteiger charge is 2.43. The SMILES string of the molecule is CCc1ccc(CCC(=O)N2CCC3(CC2)CNC(=O)O3)cc1. The minimum atomic E-state index is -0.385. The molecular weight excluding hydrogens is 292 g/mol. The Kier molecular flexibility index (Phi) is 4.55. The standard InChI is InChI=1S/C18H24N2O3/c1-2-14-3-5-15(6-4-14)7-8-16(21)20-11-9-18(10-12-20)13-19-17(22)23-18/h3-6H,2,7-13H2,1H3,(H,19,22). The maximum absolute atomic E-state index is 12.4. The van der Waals surface area contributed by atoms with Crippen molar-refractivity contribution in [2.45, 2.75) is 44.6 Å². The van der Waals surface area contributed by atoms with Crippen molar-refractivity contribution in [3.63, 3.8) is 0 Å². The molecule has 2 heterocycles. The van der Waals surface area contributed by atoms with Crippen LogP contribution in [0.4, 0.5) is 4.79 Å². The maximum atomic E-state index is 12.4. The van der Waals surface area contributed by atoms with Crippen molar-refractivity contribution in [1.82, 2.24) is 10.2 Å².